The van der Waals surface area contributed by atoms with Crippen LogP contribution >= 0.6 is 11.6 Å². The highest BCUT2D eigenvalue weighted by atomic mass is 35.5. The number of rotatable bonds is 0. The maximum Gasteiger partial charge on any atom is 0.326 e. The molecular weight excluding hydrogens is 374 g/mol. The summed E-state index contributed by atoms with van der Waals surface area (Å²) in [4.78, 5) is 50.7. The van der Waals surface area contributed by atoms with Crippen molar-refractivity contribution in [1.29, 1.82) is 0 Å². The zero-order valence-corrected chi connectivity index (χ0v) is 16.4. The van der Waals surface area contributed by atoms with Crippen LogP contribution < -0.4 is 21.3 Å². The minimum atomic E-state index is -1.35. The Morgan fingerprint density at radius 3 is 1.74 bits per heavy atom. The van der Waals surface area contributed by atoms with Crippen molar-refractivity contribution in [1.82, 2.24) is 15.5 Å². The Balaban J connectivity index is 2.53. The molecule has 0 saturated heterocycles. The zero-order valence-electron chi connectivity index (χ0n) is 15.7. The van der Waals surface area contributed by atoms with Crippen LogP contribution in [0, 0.1) is 0 Å². The monoisotopic (exact) mass is 395 g/mol. The summed E-state index contributed by atoms with van der Waals surface area (Å²) in [6.07, 6.45) is 0. The van der Waals surface area contributed by atoms with E-state index in [4.69, 9.17) is 11.6 Å². The van der Waals surface area contributed by atoms with E-state index in [0.29, 0.717) is 10.7 Å². The summed E-state index contributed by atoms with van der Waals surface area (Å²) in [7, 11) is 1.24. The first kappa shape index (κ1) is 20.5. The first-order valence-electron chi connectivity index (χ1n) is 8.14. The van der Waals surface area contributed by atoms with Gasteiger partial charge in [-0.15, -0.1) is 0 Å². The molecule has 1 aliphatic heterocycles. The third-order valence-electron chi connectivity index (χ3n) is 4.06. The molecule has 0 aliphatic carbocycles. The molecular formula is C17H22ClN5O4. The number of anilines is 2. The van der Waals surface area contributed by atoms with Crippen LogP contribution in [-0.2, 0) is 9.59 Å². The Hall–Kier alpha value is -2.81. The Bertz CT molecular complexity index is 822. The lowest BCUT2D eigenvalue weighted by molar-refractivity contribution is -0.121. The van der Waals surface area contributed by atoms with E-state index in [9.17, 15) is 19.2 Å². The van der Waals surface area contributed by atoms with Gasteiger partial charge in [0.15, 0.2) is 0 Å². The Kier molecular flexibility index (Phi) is 5.37. The Morgan fingerprint density at radius 1 is 0.815 bits per heavy atom. The van der Waals surface area contributed by atoms with Gasteiger partial charge < -0.3 is 21.3 Å². The van der Waals surface area contributed by atoms with E-state index in [2.05, 4.69) is 21.3 Å². The second-order valence-electron chi connectivity index (χ2n) is 7.27. The first-order chi connectivity index (χ1) is 12.3. The summed E-state index contributed by atoms with van der Waals surface area (Å²) in [5, 5.41) is 10.6. The first-order valence-corrected chi connectivity index (χ1v) is 8.52. The van der Waals surface area contributed by atoms with Gasteiger partial charge in [0.25, 0.3) is 0 Å². The highest BCUT2D eigenvalue weighted by Gasteiger charge is 2.36. The number of urea groups is 2. The van der Waals surface area contributed by atoms with Crippen LogP contribution in [0.1, 0.15) is 27.7 Å². The number of carbonyl (C=O) groups is 4. The van der Waals surface area contributed by atoms with E-state index in [1.165, 1.54) is 46.9 Å². The van der Waals surface area contributed by atoms with Gasteiger partial charge in [0.1, 0.15) is 11.1 Å². The molecule has 0 atom stereocenters. The van der Waals surface area contributed by atoms with E-state index in [1.54, 1.807) is 6.07 Å². The van der Waals surface area contributed by atoms with E-state index >= 15 is 0 Å². The number of halogens is 1. The second kappa shape index (κ2) is 7.07. The molecule has 1 aromatic rings. The summed E-state index contributed by atoms with van der Waals surface area (Å²) in [6.45, 7) is 5.95. The SMILES string of the molecule is CN1C(=O)NC(C)(C)C(=O)Nc2ccc(Cl)cc2NC(=O)C(C)(C)NC1=O. The molecule has 2 rings (SSSR count). The van der Waals surface area contributed by atoms with E-state index in [1.807, 2.05) is 0 Å². The van der Waals surface area contributed by atoms with E-state index in [0.717, 1.165) is 4.90 Å². The molecule has 0 spiro atoms. The van der Waals surface area contributed by atoms with Crippen molar-refractivity contribution in [3.05, 3.63) is 23.2 Å². The summed E-state index contributed by atoms with van der Waals surface area (Å²) in [6, 6.07) is 2.97. The second-order valence-corrected chi connectivity index (χ2v) is 7.70. The lowest BCUT2D eigenvalue weighted by atomic mass is 10.0. The molecule has 1 aliphatic rings. The van der Waals surface area contributed by atoms with Crippen molar-refractivity contribution in [2.45, 2.75) is 38.8 Å². The highest BCUT2D eigenvalue weighted by Crippen LogP contribution is 2.27. The van der Waals surface area contributed by atoms with Crippen molar-refractivity contribution in [3.8, 4) is 0 Å². The number of fused-ring (bicyclic) bond motifs is 1. The molecule has 0 bridgehead atoms. The molecule has 146 valence electrons. The summed E-state index contributed by atoms with van der Waals surface area (Å²) in [5.41, 5.74) is -2.12. The number of hydrogen-bond acceptors (Lipinski definition) is 4. The fraction of sp³-hybridized carbons (Fsp3) is 0.412. The molecule has 0 saturated carbocycles. The molecule has 4 N–H and O–H groups in total. The Morgan fingerprint density at radius 2 is 1.26 bits per heavy atom. The maximum absolute atomic E-state index is 12.7. The summed E-state index contributed by atoms with van der Waals surface area (Å²) >= 11 is 6.00. The number of amides is 6. The molecule has 0 radical (unpaired) electrons. The highest BCUT2D eigenvalue weighted by molar-refractivity contribution is 6.31. The topological polar surface area (TPSA) is 120 Å². The van der Waals surface area contributed by atoms with E-state index < -0.39 is 35.0 Å². The van der Waals surface area contributed by atoms with Gasteiger partial charge in [-0.05, 0) is 45.9 Å². The van der Waals surface area contributed by atoms with Gasteiger partial charge in [-0.3, -0.25) is 9.59 Å². The van der Waals surface area contributed by atoms with Gasteiger partial charge in [0.2, 0.25) is 11.8 Å². The quantitative estimate of drug-likeness (QED) is 0.538. The molecule has 1 heterocycles. The minimum Gasteiger partial charge on any atom is -0.324 e. The van der Waals surface area contributed by atoms with Gasteiger partial charge in [0, 0.05) is 12.1 Å². The molecule has 10 heteroatoms. The average Bonchev–Trinajstić information content (AvgIpc) is 2.54. The smallest absolute Gasteiger partial charge is 0.324 e. The van der Waals surface area contributed by atoms with Crippen molar-refractivity contribution < 1.29 is 19.2 Å². The zero-order chi connectivity index (χ0) is 20.6. The fourth-order valence-corrected chi connectivity index (χ4v) is 2.37. The Labute approximate surface area is 161 Å². The van der Waals surface area contributed by atoms with Crippen molar-refractivity contribution in [2.75, 3.05) is 17.7 Å². The van der Waals surface area contributed by atoms with Crippen LogP contribution in [0.25, 0.3) is 0 Å². The molecule has 9 nitrogen and oxygen atoms in total. The number of benzene rings is 1. The fourth-order valence-electron chi connectivity index (χ4n) is 2.19. The van der Waals surface area contributed by atoms with Gasteiger partial charge in [-0.25, -0.2) is 14.5 Å². The maximum atomic E-state index is 12.7. The van der Waals surface area contributed by atoms with Crippen LogP contribution in [0.5, 0.6) is 0 Å². The van der Waals surface area contributed by atoms with Crippen molar-refractivity contribution in [3.63, 3.8) is 0 Å². The van der Waals surface area contributed by atoms with Crippen LogP contribution in [0.15, 0.2) is 18.2 Å². The lowest BCUT2D eigenvalue weighted by Crippen LogP contribution is -2.60. The molecule has 0 unspecified atom stereocenters. The molecule has 6 amide bonds. The number of carbonyl (C=O) groups excluding carboxylic acids is 4. The predicted molar refractivity (Wildman–Crippen MR) is 102 cm³/mol. The number of hydrogen-bond donors (Lipinski definition) is 4. The summed E-state index contributed by atoms with van der Waals surface area (Å²) in [5.74, 6) is -1.10. The van der Waals surface area contributed by atoms with Crippen LogP contribution in [0.3, 0.4) is 0 Å². The third kappa shape index (κ3) is 4.48. The normalized spacial score (nSPS) is 20.0. The van der Waals surface area contributed by atoms with Crippen molar-refractivity contribution in [2.24, 2.45) is 0 Å². The minimum absolute atomic E-state index is 0.262. The largest absolute Gasteiger partial charge is 0.326 e. The van der Waals surface area contributed by atoms with Crippen LogP contribution in [-0.4, -0.2) is 46.9 Å². The lowest BCUT2D eigenvalue weighted by Gasteiger charge is -2.29. The van der Waals surface area contributed by atoms with Gasteiger partial charge in [-0.1, -0.05) is 11.6 Å². The van der Waals surface area contributed by atoms with Crippen molar-refractivity contribution >= 4 is 46.9 Å². The molecule has 27 heavy (non-hydrogen) atoms. The number of nitrogens with zero attached hydrogens (tertiary/aromatic N) is 1. The van der Waals surface area contributed by atoms with E-state index in [-0.39, 0.29) is 5.69 Å². The third-order valence-corrected chi connectivity index (χ3v) is 4.30. The molecule has 0 fully saturated rings. The van der Waals surface area contributed by atoms with Gasteiger partial charge in [0.05, 0.1) is 11.4 Å². The molecule has 1 aromatic carbocycles. The average molecular weight is 396 g/mol. The predicted octanol–water partition coefficient (Wildman–Crippen LogP) is 2.14. The molecule has 0 aromatic heterocycles. The van der Waals surface area contributed by atoms with Gasteiger partial charge in [-0.2, -0.15) is 0 Å². The van der Waals surface area contributed by atoms with Crippen LogP contribution in [0.2, 0.25) is 5.02 Å². The standard InChI is InChI=1S/C17H22ClN5O4/c1-16(2)12(24)19-10-7-6-9(18)8-11(10)20-13(25)17(3,4)22-15(27)23(5)14(26)21-16/h6-8H,1-5H3,(H,19,24)(H,20,25)(H,21,26)(H,22,27). The number of nitrogens with one attached hydrogen (secondary N) is 4. The van der Waals surface area contributed by atoms with Crippen LogP contribution in [0.4, 0.5) is 21.0 Å². The summed E-state index contributed by atoms with van der Waals surface area (Å²) < 4.78 is 0. The van der Waals surface area contributed by atoms with Gasteiger partial charge >= 0.3 is 12.1 Å². The number of imide groups is 1.